The predicted octanol–water partition coefficient (Wildman–Crippen LogP) is 5.13. The number of amides is 1. The summed E-state index contributed by atoms with van der Waals surface area (Å²) in [6.07, 6.45) is 2.81. The van der Waals surface area contributed by atoms with E-state index < -0.39 is 5.97 Å². The molecule has 1 saturated heterocycles. The zero-order valence-corrected chi connectivity index (χ0v) is 18.9. The van der Waals surface area contributed by atoms with Gasteiger partial charge in [-0.2, -0.15) is 0 Å². The summed E-state index contributed by atoms with van der Waals surface area (Å²) in [6.45, 7) is 2.40. The van der Waals surface area contributed by atoms with Crippen LogP contribution in [-0.2, 0) is 17.8 Å². The average Bonchev–Trinajstić information content (AvgIpc) is 3.17. The first-order valence-corrected chi connectivity index (χ1v) is 11.5. The van der Waals surface area contributed by atoms with E-state index in [-0.39, 0.29) is 23.6 Å². The lowest BCUT2D eigenvalue weighted by Gasteiger charge is -2.13. The lowest BCUT2D eigenvalue weighted by Crippen LogP contribution is -2.30. The maximum atomic E-state index is 12.5. The van der Waals surface area contributed by atoms with E-state index in [1.165, 1.54) is 17.3 Å². The van der Waals surface area contributed by atoms with E-state index in [9.17, 15) is 9.59 Å². The van der Waals surface area contributed by atoms with E-state index in [4.69, 9.17) is 9.84 Å². The molecule has 3 aromatic rings. The Morgan fingerprint density at radius 1 is 1.06 bits per heavy atom. The van der Waals surface area contributed by atoms with Crippen LogP contribution in [0, 0.1) is 0 Å². The Morgan fingerprint density at radius 3 is 2.45 bits per heavy atom. The molecule has 0 radical (unpaired) electrons. The second kappa shape index (κ2) is 10.3. The summed E-state index contributed by atoms with van der Waals surface area (Å²) in [5.41, 5.74) is 3.84. The third-order valence-electron chi connectivity index (χ3n) is 5.19. The van der Waals surface area contributed by atoms with Crippen molar-refractivity contribution in [3.8, 4) is 5.75 Å². The van der Waals surface area contributed by atoms with E-state index in [0.29, 0.717) is 10.7 Å². The fourth-order valence-corrected chi connectivity index (χ4v) is 4.31. The standard InChI is InChI=1S/C26H24N2O4S/c1-2-17-9-13-21(14-10-17)27-26-28-24(29)23(33-26)15-20-5-3-4-6-22(20)32-16-18-7-11-19(12-8-18)25(30)31/h3-15,26-27H,2,16H2,1H3,(H,28,29)(H,30,31)/b23-15-/t26-/m1/s1. The van der Waals surface area contributed by atoms with Crippen LogP contribution in [-0.4, -0.2) is 22.5 Å². The molecule has 0 spiro atoms. The van der Waals surface area contributed by atoms with Gasteiger partial charge in [-0.25, -0.2) is 4.79 Å². The van der Waals surface area contributed by atoms with Crippen LogP contribution in [0.5, 0.6) is 5.75 Å². The number of carbonyl (C=O) groups excluding carboxylic acids is 1. The van der Waals surface area contributed by atoms with Crippen LogP contribution < -0.4 is 15.4 Å². The number of hydrogen-bond donors (Lipinski definition) is 3. The van der Waals surface area contributed by atoms with Crippen molar-refractivity contribution in [3.63, 3.8) is 0 Å². The molecule has 3 N–H and O–H groups in total. The van der Waals surface area contributed by atoms with Gasteiger partial charge in [0.25, 0.3) is 5.91 Å². The second-order valence-corrected chi connectivity index (χ2v) is 8.65. The molecule has 0 unspecified atom stereocenters. The first-order chi connectivity index (χ1) is 16.0. The predicted molar refractivity (Wildman–Crippen MR) is 131 cm³/mol. The molecule has 0 saturated carbocycles. The molecular formula is C26H24N2O4S. The van der Waals surface area contributed by atoms with Gasteiger partial charge < -0.3 is 20.5 Å². The lowest BCUT2D eigenvalue weighted by atomic mass is 10.1. The Kier molecular flexibility index (Phi) is 7.00. The number of thioether (sulfide) groups is 1. The first kappa shape index (κ1) is 22.5. The summed E-state index contributed by atoms with van der Waals surface area (Å²) in [4.78, 5) is 24.1. The van der Waals surface area contributed by atoms with Crippen molar-refractivity contribution in [3.05, 3.63) is 100.0 Å². The number of nitrogens with one attached hydrogen (secondary N) is 2. The molecule has 168 valence electrons. The molecular weight excluding hydrogens is 436 g/mol. The maximum Gasteiger partial charge on any atom is 0.335 e. The van der Waals surface area contributed by atoms with Gasteiger partial charge in [-0.3, -0.25) is 4.79 Å². The van der Waals surface area contributed by atoms with Crippen molar-refractivity contribution < 1.29 is 19.4 Å². The van der Waals surface area contributed by atoms with Crippen molar-refractivity contribution in [2.75, 3.05) is 5.32 Å². The SMILES string of the molecule is CCc1ccc(N[C@@H]2NC(=O)/C(=C/c3ccccc3OCc3ccc(C(=O)O)cc3)S2)cc1. The van der Waals surface area contributed by atoms with Crippen molar-refractivity contribution in [1.29, 1.82) is 0 Å². The van der Waals surface area contributed by atoms with E-state index in [1.54, 1.807) is 24.3 Å². The second-order valence-electron chi connectivity index (χ2n) is 7.50. The molecule has 7 heteroatoms. The highest BCUT2D eigenvalue weighted by atomic mass is 32.2. The lowest BCUT2D eigenvalue weighted by molar-refractivity contribution is -0.116. The summed E-state index contributed by atoms with van der Waals surface area (Å²) in [5, 5.41) is 15.3. The van der Waals surface area contributed by atoms with Gasteiger partial charge >= 0.3 is 5.97 Å². The number of anilines is 1. The van der Waals surface area contributed by atoms with E-state index in [1.807, 2.05) is 42.5 Å². The minimum atomic E-state index is -0.961. The topological polar surface area (TPSA) is 87.7 Å². The quantitative estimate of drug-likeness (QED) is 0.404. The van der Waals surface area contributed by atoms with Gasteiger partial charge in [0.05, 0.1) is 10.5 Å². The number of carboxylic acids is 1. The largest absolute Gasteiger partial charge is 0.488 e. The third kappa shape index (κ3) is 5.75. The molecule has 1 aliphatic heterocycles. The van der Waals surface area contributed by atoms with Crippen molar-refractivity contribution in [2.45, 2.75) is 25.4 Å². The smallest absolute Gasteiger partial charge is 0.335 e. The van der Waals surface area contributed by atoms with Crippen LogP contribution in [0.2, 0.25) is 0 Å². The van der Waals surface area contributed by atoms with Crippen molar-refractivity contribution in [2.24, 2.45) is 0 Å². The van der Waals surface area contributed by atoms with E-state index >= 15 is 0 Å². The molecule has 0 bridgehead atoms. The van der Waals surface area contributed by atoms with Gasteiger partial charge in [-0.15, -0.1) is 0 Å². The minimum Gasteiger partial charge on any atom is -0.488 e. The van der Waals surface area contributed by atoms with E-state index in [2.05, 4.69) is 29.7 Å². The number of ether oxygens (including phenoxy) is 1. The number of aromatic carboxylic acids is 1. The average molecular weight is 461 g/mol. The molecule has 33 heavy (non-hydrogen) atoms. The fraction of sp³-hybridized carbons (Fsp3) is 0.154. The number of carboxylic acid groups (broad SMARTS) is 1. The van der Waals surface area contributed by atoms with E-state index in [0.717, 1.165) is 23.2 Å². The van der Waals surface area contributed by atoms with Gasteiger partial charge in [0.15, 0.2) is 5.50 Å². The normalized spacial score (nSPS) is 16.5. The Labute approximate surface area is 196 Å². The van der Waals surface area contributed by atoms with Crippen LogP contribution in [0.3, 0.4) is 0 Å². The summed E-state index contributed by atoms with van der Waals surface area (Å²) in [6, 6.07) is 22.2. The fourth-order valence-electron chi connectivity index (χ4n) is 3.33. The Hall–Kier alpha value is -3.71. The van der Waals surface area contributed by atoms with Crippen LogP contribution in [0.1, 0.15) is 34.0 Å². The number of hydrogen-bond acceptors (Lipinski definition) is 5. The molecule has 1 amide bonds. The van der Waals surface area contributed by atoms with Gasteiger partial charge in [-0.1, -0.05) is 61.2 Å². The Bertz CT molecular complexity index is 1170. The maximum absolute atomic E-state index is 12.5. The van der Waals surface area contributed by atoms with Crippen LogP contribution in [0.4, 0.5) is 5.69 Å². The molecule has 0 aromatic heterocycles. The van der Waals surface area contributed by atoms with Gasteiger partial charge in [0.2, 0.25) is 0 Å². The number of benzene rings is 3. The van der Waals surface area contributed by atoms with Crippen LogP contribution in [0.25, 0.3) is 6.08 Å². The molecule has 1 aliphatic rings. The van der Waals surface area contributed by atoms with Crippen LogP contribution >= 0.6 is 11.8 Å². The zero-order valence-electron chi connectivity index (χ0n) is 18.1. The zero-order chi connectivity index (χ0) is 23.2. The molecule has 1 fully saturated rings. The number of carbonyl (C=O) groups is 2. The Morgan fingerprint density at radius 2 is 1.76 bits per heavy atom. The summed E-state index contributed by atoms with van der Waals surface area (Å²) in [5.74, 6) is -0.452. The monoisotopic (exact) mass is 460 g/mol. The van der Waals surface area contributed by atoms with Gasteiger partial charge in [-0.05, 0) is 54.0 Å². The summed E-state index contributed by atoms with van der Waals surface area (Å²) in [7, 11) is 0. The summed E-state index contributed by atoms with van der Waals surface area (Å²) < 4.78 is 5.96. The van der Waals surface area contributed by atoms with Crippen molar-refractivity contribution in [1.82, 2.24) is 5.32 Å². The summed E-state index contributed by atoms with van der Waals surface area (Å²) >= 11 is 1.42. The highest BCUT2D eigenvalue weighted by molar-refractivity contribution is 8.05. The molecule has 0 aliphatic carbocycles. The molecule has 1 heterocycles. The number of aryl methyl sites for hydroxylation is 1. The molecule has 6 nitrogen and oxygen atoms in total. The van der Waals surface area contributed by atoms with Gasteiger partial charge in [0.1, 0.15) is 12.4 Å². The van der Waals surface area contributed by atoms with Gasteiger partial charge in [0, 0.05) is 11.3 Å². The molecule has 4 rings (SSSR count). The highest BCUT2D eigenvalue weighted by Gasteiger charge is 2.27. The number of rotatable bonds is 8. The molecule has 1 atom stereocenters. The van der Waals surface area contributed by atoms with Crippen LogP contribution in [0.15, 0.2) is 77.7 Å². The highest BCUT2D eigenvalue weighted by Crippen LogP contribution is 2.32. The first-order valence-electron chi connectivity index (χ1n) is 10.6. The third-order valence-corrected chi connectivity index (χ3v) is 6.22. The minimum absolute atomic E-state index is 0.137. The number of para-hydroxylation sites is 1. The Balaban J connectivity index is 1.43. The van der Waals surface area contributed by atoms with Crippen molar-refractivity contribution >= 4 is 35.4 Å². The molecule has 3 aromatic carbocycles.